The summed E-state index contributed by atoms with van der Waals surface area (Å²) in [6.45, 7) is 4.08. The van der Waals surface area contributed by atoms with Crippen LogP contribution in [0.15, 0.2) is 21.8 Å². The second kappa shape index (κ2) is 4.37. The predicted molar refractivity (Wildman–Crippen MR) is 42.6 cm³/mol. The molecule has 0 rings (SSSR count). The average molecular weight is 208 g/mol. The second-order valence-corrected chi connectivity index (χ2v) is 2.98. The summed E-state index contributed by atoms with van der Waals surface area (Å²) in [4.78, 5) is 0. The van der Waals surface area contributed by atoms with Crippen LogP contribution in [0.25, 0.3) is 0 Å². The van der Waals surface area contributed by atoms with E-state index < -0.39 is 0 Å². The van der Waals surface area contributed by atoms with Gasteiger partial charge in [-0.25, -0.2) is 0 Å². The van der Waals surface area contributed by atoms with E-state index in [0.29, 0.717) is 0 Å². The van der Waals surface area contributed by atoms with Gasteiger partial charge >= 0.3 is 0 Å². The quantitative estimate of drug-likeness (QED) is 0.459. The number of rotatable bonds is 1. The molecule has 0 spiro atoms. The van der Waals surface area contributed by atoms with E-state index >= 15 is 0 Å². The third kappa shape index (κ3) is 6.21. The zero-order valence-electron chi connectivity index (χ0n) is 4.61. The van der Waals surface area contributed by atoms with Crippen molar-refractivity contribution in [1.82, 2.24) is 0 Å². The lowest BCUT2D eigenvalue weighted by atomic mass is 10.5. The van der Waals surface area contributed by atoms with Gasteiger partial charge in [-0.2, -0.15) is 0 Å². The first-order valence-electron chi connectivity index (χ1n) is 2.22. The van der Waals surface area contributed by atoms with Gasteiger partial charge in [0.15, 0.2) is 0 Å². The molecule has 0 bridgehead atoms. The van der Waals surface area contributed by atoms with Crippen molar-refractivity contribution in [3.8, 4) is 0 Å². The molecule has 0 atom stereocenters. The van der Waals surface area contributed by atoms with Crippen LogP contribution in [-0.4, -0.2) is 0 Å². The van der Waals surface area contributed by atoms with Gasteiger partial charge in [0.2, 0.25) is 0 Å². The summed E-state index contributed by atoms with van der Waals surface area (Å²) in [5, 5.41) is 0. The molecule has 0 aromatic heterocycles. The fourth-order valence-electron chi connectivity index (χ4n) is 0.229. The maximum Gasteiger partial charge on any atom is -0.0125 e. The number of allylic oxidation sites excluding steroid dienone is 4. The summed E-state index contributed by atoms with van der Waals surface area (Å²) in [5.74, 6) is 0. The van der Waals surface area contributed by atoms with E-state index in [1.807, 2.05) is 19.1 Å². The Morgan fingerprint density at radius 3 is 2.29 bits per heavy atom. The van der Waals surface area contributed by atoms with Crippen molar-refractivity contribution in [2.45, 2.75) is 13.8 Å². The van der Waals surface area contributed by atoms with Gasteiger partial charge in [0.1, 0.15) is 0 Å². The Labute approximate surface area is 58.4 Å². The fourth-order valence-corrected chi connectivity index (χ4v) is 0.436. The zero-order chi connectivity index (χ0) is 5.70. The molecule has 0 unspecified atom stereocenters. The molecule has 0 nitrogen and oxygen atoms in total. The lowest BCUT2D eigenvalue weighted by Gasteiger charge is -1.75. The molecule has 0 N–H and O–H groups in total. The van der Waals surface area contributed by atoms with Crippen molar-refractivity contribution in [2.24, 2.45) is 0 Å². The Bertz CT molecular complexity index is 86.4. The molecule has 0 heterocycles. The first-order valence-corrected chi connectivity index (χ1v) is 3.30. The predicted octanol–water partition coefficient (Wildman–Crippen LogP) is 2.90. The van der Waals surface area contributed by atoms with Gasteiger partial charge in [-0.05, 0) is 40.0 Å². The van der Waals surface area contributed by atoms with E-state index in [-0.39, 0.29) is 0 Å². The van der Waals surface area contributed by atoms with Crippen molar-refractivity contribution in [3.63, 3.8) is 0 Å². The zero-order valence-corrected chi connectivity index (χ0v) is 6.77. The molecule has 40 valence electrons. The minimum Gasteiger partial charge on any atom is -0.0876 e. The summed E-state index contributed by atoms with van der Waals surface area (Å²) in [5.41, 5.74) is 0. The molecule has 7 heavy (non-hydrogen) atoms. The van der Waals surface area contributed by atoms with Gasteiger partial charge in [0, 0.05) is 0 Å². The highest BCUT2D eigenvalue weighted by molar-refractivity contribution is 14.1. The summed E-state index contributed by atoms with van der Waals surface area (Å²) in [6, 6.07) is 0. The molecule has 0 amide bonds. The molecule has 0 saturated carbocycles. The number of hydrogen-bond donors (Lipinski definition) is 0. The van der Waals surface area contributed by atoms with Crippen LogP contribution < -0.4 is 0 Å². The molecule has 0 radical (unpaired) electrons. The van der Waals surface area contributed by atoms with Crippen LogP contribution in [0.5, 0.6) is 0 Å². The molecular weight excluding hydrogens is 199 g/mol. The van der Waals surface area contributed by atoms with Gasteiger partial charge < -0.3 is 0 Å². The minimum absolute atomic E-state index is 1.32. The van der Waals surface area contributed by atoms with Crippen LogP contribution in [0.3, 0.4) is 0 Å². The normalized spacial score (nSPS) is 13.3. The van der Waals surface area contributed by atoms with Crippen LogP contribution in [-0.2, 0) is 0 Å². The highest BCUT2D eigenvalue weighted by Gasteiger charge is 1.68. The smallest absolute Gasteiger partial charge is 0.0125 e. The number of hydrogen-bond acceptors (Lipinski definition) is 0. The topological polar surface area (TPSA) is 0 Å². The van der Waals surface area contributed by atoms with Crippen molar-refractivity contribution >= 4 is 22.6 Å². The molecular formula is C6H9I. The second-order valence-electron chi connectivity index (χ2n) is 1.28. The number of halogens is 1. The standard InChI is InChI=1S/C6H9I/c1-3-4-5-6(2)7/h3-5H,1-2H3/b4-3-,6-5+. The van der Waals surface area contributed by atoms with Crippen LogP contribution in [0.1, 0.15) is 13.8 Å². The Balaban J connectivity index is 3.46. The highest BCUT2D eigenvalue weighted by atomic mass is 127. The monoisotopic (exact) mass is 208 g/mol. The van der Waals surface area contributed by atoms with Crippen LogP contribution in [0.4, 0.5) is 0 Å². The maximum atomic E-state index is 2.28. The molecule has 0 aliphatic heterocycles. The summed E-state index contributed by atoms with van der Waals surface area (Å²) >= 11 is 2.28. The SMILES string of the molecule is C/C=C\C=C(/C)I. The van der Waals surface area contributed by atoms with Gasteiger partial charge in [-0.15, -0.1) is 0 Å². The third-order valence-corrected chi connectivity index (χ3v) is 0.878. The lowest BCUT2D eigenvalue weighted by Crippen LogP contribution is -1.50. The Kier molecular flexibility index (Phi) is 4.50. The molecule has 0 aliphatic carbocycles. The van der Waals surface area contributed by atoms with Crippen molar-refractivity contribution in [2.75, 3.05) is 0 Å². The Hall–Kier alpha value is 0.210. The first-order chi connectivity index (χ1) is 3.27. The van der Waals surface area contributed by atoms with Crippen molar-refractivity contribution in [1.29, 1.82) is 0 Å². The van der Waals surface area contributed by atoms with E-state index in [4.69, 9.17) is 0 Å². The lowest BCUT2D eigenvalue weighted by molar-refractivity contribution is 1.67. The molecule has 0 aromatic rings. The van der Waals surface area contributed by atoms with Gasteiger partial charge in [0.25, 0.3) is 0 Å². The summed E-state index contributed by atoms with van der Waals surface area (Å²) in [7, 11) is 0. The van der Waals surface area contributed by atoms with E-state index in [0.717, 1.165) is 0 Å². The van der Waals surface area contributed by atoms with E-state index in [1.165, 1.54) is 3.58 Å². The largest absolute Gasteiger partial charge is 0.0876 e. The molecule has 0 saturated heterocycles. The van der Waals surface area contributed by atoms with E-state index in [1.54, 1.807) is 0 Å². The summed E-state index contributed by atoms with van der Waals surface area (Å²) in [6.07, 6.45) is 6.12. The molecule has 0 fully saturated rings. The summed E-state index contributed by atoms with van der Waals surface area (Å²) < 4.78 is 1.32. The van der Waals surface area contributed by atoms with E-state index in [9.17, 15) is 0 Å². The van der Waals surface area contributed by atoms with Gasteiger partial charge in [-0.3, -0.25) is 0 Å². The average Bonchev–Trinajstić information content (AvgIpc) is 1.61. The Morgan fingerprint density at radius 2 is 2.14 bits per heavy atom. The first kappa shape index (κ1) is 7.21. The van der Waals surface area contributed by atoms with Crippen molar-refractivity contribution in [3.05, 3.63) is 21.8 Å². The minimum atomic E-state index is 1.32. The van der Waals surface area contributed by atoms with Gasteiger partial charge in [0.05, 0.1) is 0 Å². The highest BCUT2D eigenvalue weighted by Crippen LogP contribution is 2.01. The molecule has 1 heteroatoms. The van der Waals surface area contributed by atoms with Crippen molar-refractivity contribution < 1.29 is 0 Å². The van der Waals surface area contributed by atoms with Crippen LogP contribution in [0, 0.1) is 0 Å². The molecule has 0 aliphatic rings. The molecule has 0 aromatic carbocycles. The van der Waals surface area contributed by atoms with Crippen LogP contribution in [0.2, 0.25) is 0 Å². The third-order valence-electron chi connectivity index (χ3n) is 0.518. The van der Waals surface area contributed by atoms with E-state index in [2.05, 4.69) is 35.6 Å². The fraction of sp³-hybridized carbons (Fsp3) is 0.333. The maximum absolute atomic E-state index is 2.28. The van der Waals surface area contributed by atoms with Crippen LogP contribution >= 0.6 is 22.6 Å². The Morgan fingerprint density at radius 1 is 1.57 bits per heavy atom. The van der Waals surface area contributed by atoms with Gasteiger partial charge in [-0.1, -0.05) is 18.2 Å².